The lowest BCUT2D eigenvalue weighted by atomic mass is 10.0. The Kier molecular flexibility index (Phi) is 5.00. The number of furan rings is 1. The van der Waals surface area contributed by atoms with Crippen LogP contribution in [-0.2, 0) is 10.0 Å². The molecule has 1 heterocycles. The highest BCUT2D eigenvalue weighted by Gasteiger charge is 2.21. The van der Waals surface area contributed by atoms with Gasteiger partial charge < -0.3 is 9.73 Å². The average molecular weight is 353 g/mol. The maximum absolute atomic E-state index is 12.1. The summed E-state index contributed by atoms with van der Waals surface area (Å²) in [6, 6.07) is 7.65. The standard InChI is InChI=1S/C14H15N3O6S/c1-2-11(9-4-3-5-10(8-9)24(15,21)22)16-14(18)12-6-7-13(23-12)17(19)20/h3-8,11H,2H2,1H3,(H,16,18)(H2,15,21,22)/t11-/m0/s1. The van der Waals surface area contributed by atoms with Gasteiger partial charge in [-0.2, -0.15) is 0 Å². The molecule has 0 spiro atoms. The molecule has 2 aromatic rings. The largest absolute Gasteiger partial charge is 0.433 e. The fraction of sp³-hybridized carbons (Fsp3) is 0.214. The first-order valence-corrected chi connectivity index (χ1v) is 8.45. The molecule has 0 fully saturated rings. The van der Waals surface area contributed by atoms with Gasteiger partial charge in [-0.1, -0.05) is 19.1 Å². The van der Waals surface area contributed by atoms with Gasteiger partial charge in [0.25, 0.3) is 5.91 Å². The van der Waals surface area contributed by atoms with Crippen molar-refractivity contribution in [3.63, 3.8) is 0 Å². The highest BCUT2D eigenvalue weighted by molar-refractivity contribution is 7.89. The van der Waals surface area contributed by atoms with E-state index in [9.17, 15) is 23.3 Å². The summed E-state index contributed by atoms with van der Waals surface area (Å²) in [6.07, 6.45) is 0.461. The van der Waals surface area contributed by atoms with Crippen LogP contribution in [0.3, 0.4) is 0 Å². The van der Waals surface area contributed by atoms with Crippen LogP contribution in [0.4, 0.5) is 5.88 Å². The summed E-state index contributed by atoms with van der Waals surface area (Å²) in [6.45, 7) is 1.79. The number of sulfonamides is 1. The number of benzene rings is 1. The zero-order valence-corrected chi connectivity index (χ0v) is 13.4. The Morgan fingerprint density at radius 1 is 1.38 bits per heavy atom. The van der Waals surface area contributed by atoms with E-state index in [4.69, 9.17) is 9.56 Å². The van der Waals surface area contributed by atoms with Gasteiger partial charge in [0.2, 0.25) is 10.0 Å². The molecule has 1 amide bonds. The number of amides is 1. The zero-order valence-electron chi connectivity index (χ0n) is 12.6. The molecule has 9 nitrogen and oxygen atoms in total. The van der Waals surface area contributed by atoms with Crippen LogP contribution in [0.25, 0.3) is 0 Å². The number of nitrogens with one attached hydrogen (secondary N) is 1. The molecule has 3 N–H and O–H groups in total. The first kappa shape index (κ1) is 17.6. The number of primary sulfonamides is 1. The van der Waals surface area contributed by atoms with Crippen molar-refractivity contribution in [2.75, 3.05) is 0 Å². The van der Waals surface area contributed by atoms with Gasteiger partial charge >= 0.3 is 5.88 Å². The normalized spacial score (nSPS) is 12.6. The molecule has 0 bridgehead atoms. The minimum atomic E-state index is -3.86. The quantitative estimate of drug-likeness (QED) is 0.597. The first-order valence-electron chi connectivity index (χ1n) is 6.90. The number of carbonyl (C=O) groups excluding carboxylic acids is 1. The molecule has 0 saturated carbocycles. The Morgan fingerprint density at radius 3 is 2.62 bits per heavy atom. The smallest absolute Gasteiger partial charge is 0.395 e. The molecular weight excluding hydrogens is 338 g/mol. The molecule has 2 rings (SSSR count). The van der Waals surface area contributed by atoms with Crippen molar-refractivity contribution < 1.29 is 22.6 Å². The van der Waals surface area contributed by atoms with Gasteiger partial charge in [-0.25, -0.2) is 13.6 Å². The van der Waals surface area contributed by atoms with E-state index in [1.807, 2.05) is 0 Å². The number of hydrogen-bond acceptors (Lipinski definition) is 6. The molecule has 0 aliphatic rings. The molecule has 0 unspecified atom stereocenters. The Morgan fingerprint density at radius 2 is 2.08 bits per heavy atom. The summed E-state index contributed by atoms with van der Waals surface area (Å²) in [5.74, 6) is -1.39. The van der Waals surface area contributed by atoms with Crippen LogP contribution in [0.2, 0.25) is 0 Å². The molecular formula is C14H15N3O6S. The topological polar surface area (TPSA) is 146 Å². The van der Waals surface area contributed by atoms with Crippen LogP contribution in [0, 0.1) is 10.1 Å². The Hall–Kier alpha value is -2.72. The number of rotatable bonds is 6. The fourth-order valence-corrected chi connectivity index (χ4v) is 2.68. The number of nitro groups is 1. The Bertz CT molecular complexity index is 874. The summed E-state index contributed by atoms with van der Waals surface area (Å²) < 4.78 is 27.7. The van der Waals surface area contributed by atoms with Crippen molar-refractivity contribution in [3.8, 4) is 0 Å². The van der Waals surface area contributed by atoms with Crippen LogP contribution < -0.4 is 10.5 Å². The van der Waals surface area contributed by atoms with Crippen molar-refractivity contribution >= 4 is 21.8 Å². The summed E-state index contributed by atoms with van der Waals surface area (Å²) in [4.78, 5) is 21.9. The van der Waals surface area contributed by atoms with Gasteiger partial charge in [0.05, 0.1) is 17.0 Å². The molecule has 10 heteroatoms. The second-order valence-corrected chi connectivity index (χ2v) is 6.51. The van der Waals surface area contributed by atoms with E-state index in [2.05, 4.69) is 5.32 Å². The third-order valence-corrected chi connectivity index (χ3v) is 4.21. The number of nitrogens with two attached hydrogens (primary N) is 1. The molecule has 0 saturated heterocycles. The molecule has 128 valence electrons. The van der Waals surface area contributed by atoms with E-state index in [0.29, 0.717) is 12.0 Å². The van der Waals surface area contributed by atoms with E-state index in [1.165, 1.54) is 24.3 Å². The van der Waals surface area contributed by atoms with Gasteiger partial charge in [0.1, 0.15) is 4.92 Å². The average Bonchev–Trinajstić information content (AvgIpc) is 3.02. The van der Waals surface area contributed by atoms with E-state index >= 15 is 0 Å². The number of hydrogen-bond donors (Lipinski definition) is 2. The van der Waals surface area contributed by atoms with E-state index in [0.717, 1.165) is 6.07 Å². The lowest BCUT2D eigenvalue weighted by molar-refractivity contribution is -0.402. The SMILES string of the molecule is CC[C@H](NC(=O)c1ccc([N+](=O)[O-])o1)c1cccc(S(N)(=O)=O)c1. The van der Waals surface area contributed by atoms with Crippen LogP contribution in [0.15, 0.2) is 45.7 Å². The predicted octanol–water partition coefficient (Wildman–Crippen LogP) is 1.72. The Balaban J connectivity index is 2.22. The monoisotopic (exact) mass is 353 g/mol. The first-order chi connectivity index (χ1) is 11.2. The van der Waals surface area contributed by atoms with Gasteiger partial charge in [0.15, 0.2) is 5.76 Å². The van der Waals surface area contributed by atoms with Crippen LogP contribution >= 0.6 is 0 Å². The molecule has 1 atom stereocenters. The highest BCUT2D eigenvalue weighted by atomic mass is 32.2. The minimum absolute atomic E-state index is 0.0682. The maximum atomic E-state index is 12.1. The summed E-state index contributed by atoms with van der Waals surface area (Å²) in [5, 5.41) is 18.3. The lowest BCUT2D eigenvalue weighted by Crippen LogP contribution is -2.28. The zero-order chi connectivity index (χ0) is 17.9. The molecule has 0 radical (unpaired) electrons. The fourth-order valence-electron chi connectivity index (χ4n) is 2.11. The molecule has 1 aromatic heterocycles. The van der Waals surface area contributed by atoms with Crippen molar-refractivity contribution in [2.24, 2.45) is 5.14 Å². The molecule has 0 aliphatic carbocycles. The Labute approximate surface area is 137 Å². The van der Waals surface area contributed by atoms with Crippen molar-refractivity contribution in [1.29, 1.82) is 0 Å². The maximum Gasteiger partial charge on any atom is 0.433 e. The summed E-state index contributed by atoms with van der Waals surface area (Å²) in [7, 11) is -3.86. The molecule has 1 aromatic carbocycles. The summed E-state index contributed by atoms with van der Waals surface area (Å²) in [5.41, 5.74) is 0.540. The third kappa shape index (κ3) is 3.97. The van der Waals surface area contributed by atoms with E-state index < -0.39 is 32.8 Å². The van der Waals surface area contributed by atoms with Gasteiger partial charge in [-0.05, 0) is 30.2 Å². The van der Waals surface area contributed by atoms with Crippen LogP contribution in [-0.4, -0.2) is 19.2 Å². The predicted molar refractivity (Wildman–Crippen MR) is 83.7 cm³/mol. The second kappa shape index (κ2) is 6.81. The van der Waals surface area contributed by atoms with Crippen molar-refractivity contribution in [3.05, 3.63) is 57.8 Å². The van der Waals surface area contributed by atoms with Gasteiger partial charge in [-0.3, -0.25) is 14.9 Å². The third-order valence-electron chi connectivity index (χ3n) is 3.30. The highest BCUT2D eigenvalue weighted by Crippen LogP contribution is 2.21. The minimum Gasteiger partial charge on any atom is -0.395 e. The summed E-state index contributed by atoms with van der Waals surface area (Å²) >= 11 is 0. The molecule has 24 heavy (non-hydrogen) atoms. The van der Waals surface area contributed by atoms with E-state index in [-0.39, 0.29) is 10.7 Å². The van der Waals surface area contributed by atoms with Gasteiger partial charge in [0, 0.05) is 0 Å². The van der Waals surface area contributed by atoms with Crippen molar-refractivity contribution in [1.82, 2.24) is 5.32 Å². The molecule has 0 aliphatic heterocycles. The van der Waals surface area contributed by atoms with Crippen molar-refractivity contribution in [2.45, 2.75) is 24.3 Å². The van der Waals surface area contributed by atoms with Crippen LogP contribution in [0.1, 0.15) is 35.5 Å². The van der Waals surface area contributed by atoms with Crippen LogP contribution in [0.5, 0.6) is 0 Å². The number of carbonyl (C=O) groups is 1. The number of nitrogens with zero attached hydrogens (tertiary/aromatic N) is 1. The van der Waals surface area contributed by atoms with Gasteiger partial charge in [-0.15, -0.1) is 0 Å². The lowest BCUT2D eigenvalue weighted by Gasteiger charge is -2.17. The second-order valence-electron chi connectivity index (χ2n) is 4.95. The van der Waals surface area contributed by atoms with E-state index in [1.54, 1.807) is 13.0 Å².